The minimum atomic E-state index is -0.618. The van der Waals surface area contributed by atoms with Crippen molar-refractivity contribution in [3.05, 3.63) is 0 Å². The zero-order valence-corrected chi connectivity index (χ0v) is 15.5. The third-order valence-corrected chi connectivity index (χ3v) is 4.29. The van der Waals surface area contributed by atoms with Gasteiger partial charge < -0.3 is 15.0 Å². The summed E-state index contributed by atoms with van der Waals surface area (Å²) >= 11 is 0. The molecule has 1 aliphatic heterocycles. The summed E-state index contributed by atoms with van der Waals surface area (Å²) in [5.41, 5.74) is 0. The fraction of sp³-hybridized carbons (Fsp3) is 0.833. The number of likely N-dealkylation sites (tertiary alicyclic amines) is 1. The maximum Gasteiger partial charge on any atom is 0.328 e. The standard InChI is InChI=1S/C18H32N2O4/c1-13(2)10-15(18(23)24-4)19-16(21)11-14(3)12-17(22)20-8-6-5-7-9-20/h13-15H,5-12H2,1-4H3,(H,19,21)/t14-,15+/m0/s1. The molecule has 1 fully saturated rings. The van der Waals surface area contributed by atoms with Crippen molar-refractivity contribution in [2.45, 2.75) is 65.3 Å². The summed E-state index contributed by atoms with van der Waals surface area (Å²) in [5.74, 6) is -0.273. The summed E-state index contributed by atoms with van der Waals surface area (Å²) in [5, 5.41) is 2.74. The topological polar surface area (TPSA) is 75.7 Å². The van der Waals surface area contributed by atoms with Crippen LogP contribution in [0.25, 0.3) is 0 Å². The number of piperidine rings is 1. The summed E-state index contributed by atoms with van der Waals surface area (Å²) in [4.78, 5) is 38.1. The van der Waals surface area contributed by atoms with Crippen molar-refractivity contribution in [2.24, 2.45) is 11.8 Å². The maximum absolute atomic E-state index is 12.2. The van der Waals surface area contributed by atoms with Crippen LogP contribution in [0, 0.1) is 11.8 Å². The molecule has 0 bridgehead atoms. The Hall–Kier alpha value is -1.59. The summed E-state index contributed by atoms with van der Waals surface area (Å²) in [6.45, 7) is 7.54. The van der Waals surface area contributed by atoms with E-state index < -0.39 is 12.0 Å². The smallest absolute Gasteiger partial charge is 0.328 e. The number of amides is 2. The normalized spacial score (nSPS) is 17.3. The Balaban J connectivity index is 2.43. The lowest BCUT2D eigenvalue weighted by molar-refractivity contribution is -0.145. The lowest BCUT2D eigenvalue weighted by Crippen LogP contribution is -2.43. The van der Waals surface area contributed by atoms with Crippen LogP contribution in [0.4, 0.5) is 0 Å². The maximum atomic E-state index is 12.2. The third-order valence-electron chi connectivity index (χ3n) is 4.29. The van der Waals surface area contributed by atoms with Gasteiger partial charge in [-0.05, 0) is 37.5 Å². The van der Waals surface area contributed by atoms with Crippen molar-refractivity contribution in [3.8, 4) is 0 Å². The van der Waals surface area contributed by atoms with Crippen LogP contribution in [0.3, 0.4) is 0 Å². The van der Waals surface area contributed by atoms with E-state index in [9.17, 15) is 14.4 Å². The first kappa shape index (κ1) is 20.5. The zero-order chi connectivity index (χ0) is 18.1. The molecule has 24 heavy (non-hydrogen) atoms. The molecule has 0 aliphatic carbocycles. The quantitative estimate of drug-likeness (QED) is 0.687. The van der Waals surface area contributed by atoms with E-state index in [1.807, 2.05) is 25.7 Å². The minimum absolute atomic E-state index is 0.0447. The van der Waals surface area contributed by atoms with Gasteiger partial charge in [-0.15, -0.1) is 0 Å². The highest BCUT2D eigenvalue weighted by Gasteiger charge is 2.24. The van der Waals surface area contributed by atoms with E-state index in [-0.39, 0.29) is 30.1 Å². The molecule has 6 heteroatoms. The summed E-state index contributed by atoms with van der Waals surface area (Å²) in [6.07, 6.45) is 4.48. The average molecular weight is 340 g/mol. The van der Waals surface area contributed by atoms with Crippen molar-refractivity contribution in [2.75, 3.05) is 20.2 Å². The Labute approximate surface area is 145 Å². The predicted molar refractivity (Wildman–Crippen MR) is 92.2 cm³/mol. The van der Waals surface area contributed by atoms with Crippen LogP contribution in [-0.2, 0) is 19.1 Å². The van der Waals surface area contributed by atoms with Gasteiger partial charge in [-0.2, -0.15) is 0 Å². The van der Waals surface area contributed by atoms with Crippen molar-refractivity contribution in [1.82, 2.24) is 10.2 Å². The molecule has 138 valence electrons. The second kappa shape index (κ2) is 10.3. The lowest BCUT2D eigenvalue weighted by atomic mass is 10.00. The fourth-order valence-electron chi connectivity index (χ4n) is 3.04. The summed E-state index contributed by atoms with van der Waals surface area (Å²) in [6, 6.07) is -0.618. The van der Waals surface area contributed by atoms with Gasteiger partial charge in [-0.25, -0.2) is 4.79 Å². The monoisotopic (exact) mass is 340 g/mol. The van der Waals surface area contributed by atoms with Crippen molar-refractivity contribution in [1.29, 1.82) is 0 Å². The highest BCUT2D eigenvalue weighted by molar-refractivity contribution is 5.85. The van der Waals surface area contributed by atoms with Crippen LogP contribution in [-0.4, -0.2) is 48.9 Å². The molecule has 0 unspecified atom stereocenters. The third kappa shape index (κ3) is 7.32. The number of carbonyl (C=O) groups excluding carboxylic acids is 3. The molecule has 1 heterocycles. The molecule has 0 aromatic rings. The number of hydrogen-bond acceptors (Lipinski definition) is 4. The van der Waals surface area contributed by atoms with Gasteiger partial charge in [0.05, 0.1) is 7.11 Å². The van der Waals surface area contributed by atoms with Gasteiger partial charge in [0.15, 0.2) is 0 Å². The number of methoxy groups -OCH3 is 1. The van der Waals surface area contributed by atoms with E-state index >= 15 is 0 Å². The van der Waals surface area contributed by atoms with E-state index in [0.717, 1.165) is 25.9 Å². The highest BCUT2D eigenvalue weighted by atomic mass is 16.5. The van der Waals surface area contributed by atoms with E-state index in [1.165, 1.54) is 13.5 Å². The molecule has 0 saturated carbocycles. The first-order valence-corrected chi connectivity index (χ1v) is 8.98. The molecule has 0 aromatic heterocycles. The summed E-state index contributed by atoms with van der Waals surface area (Å²) in [7, 11) is 1.32. The molecule has 6 nitrogen and oxygen atoms in total. The van der Waals surface area contributed by atoms with Crippen LogP contribution in [0.2, 0.25) is 0 Å². The molecule has 2 atom stereocenters. The van der Waals surface area contributed by atoms with Crippen LogP contribution >= 0.6 is 0 Å². The summed E-state index contributed by atoms with van der Waals surface area (Å²) < 4.78 is 4.75. The first-order valence-electron chi connectivity index (χ1n) is 8.98. The number of ether oxygens (including phenoxy) is 1. The SMILES string of the molecule is COC(=O)[C@@H](CC(C)C)NC(=O)C[C@H](C)CC(=O)N1CCCCC1. The molecule has 0 spiro atoms. The highest BCUT2D eigenvalue weighted by Crippen LogP contribution is 2.15. The molecule has 0 aromatic carbocycles. The van der Waals surface area contributed by atoms with Crippen LogP contribution in [0.1, 0.15) is 59.3 Å². The minimum Gasteiger partial charge on any atom is -0.467 e. The number of hydrogen-bond donors (Lipinski definition) is 1. The zero-order valence-electron chi connectivity index (χ0n) is 15.5. The lowest BCUT2D eigenvalue weighted by Gasteiger charge is -2.28. The molecule has 1 saturated heterocycles. The first-order chi connectivity index (χ1) is 11.3. The van der Waals surface area contributed by atoms with E-state index in [4.69, 9.17) is 4.74 Å². The Morgan fingerprint density at radius 3 is 2.21 bits per heavy atom. The van der Waals surface area contributed by atoms with Gasteiger partial charge in [0.25, 0.3) is 0 Å². The van der Waals surface area contributed by atoms with Crippen molar-refractivity contribution < 1.29 is 19.1 Å². The number of rotatable bonds is 8. The predicted octanol–water partition coefficient (Wildman–Crippen LogP) is 2.12. The van der Waals surface area contributed by atoms with Gasteiger partial charge in [-0.1, -0.05) is 20.8 Å². The Kier molecular flexibility index (Phi) is 8.79. The van der Waals surface area contributed by atoms with Crippen LogP contribution < -0.4 is 5.32 Å². The molecule has 0 radical (unpaired) electrons. The number of carbonyl (C=O) groups is 3. The molecule has 2 amide bonds. The number of nitrogens with one attached hydrogen (secondary N) is 1. The van der Waals surface area contributed by atoms with Crippen LogP contribution in [0.15, 0.2) is 0 Å². The van der Waals surface area contributed by atoms with Gasteiger partial charge in [0, 0.05) is 25.9 Å². The molecule has 1 N–H and O–H groups in total. The Morgan fingerprint density at radius 2 is 1.67 bits per heavy atom. The number of esters is 1. The molecular weight excluding hydrogens is 308 g/mol. The van der Waals surface area contributed by atoms with Gasteiger partial charge in [0.1, 0.15) is 6.04 Å². The van der Waals surface area contributed by atoms with Crippen LogP contribution in [0.5, 0.6) is 0 Å². The van der Waals surface area contributed by atoms with Gasteiger partial charge in [-0.3, -0.25) is 9.59 Å². The average Bonchev–Trinajstić information content (AvgIpc) is 2.53. The van der Waals surface area contributed by atoms with E-state index in [0.29, 0.717) is 12.8 Å². The van der Waals surface area contributed by atoms with Gasteiger partial charge >= 0.3 is 5.97 Å². The molecule has 1 aliphatic rings. The van der Waals surface area contributed by atoms with Crippen molar-refractivity contribution >= 4 is 17.8 Å². The van der Waals surface area contributed by atoms with Gasteiger partial charge in [0.2, 0.25) is 11.8 Å². The Bertz CT molecular complexity index is 431. The Morgan fingerprint density at radius 1 is 1.04 bits per heavy atom. The molecule has 1 rings (SSSR count). The second-order valence-corrected chi connectivity index (χ2v) is 7.23. The fourth-order valence-corrected chi connectivity index (χ4v) is 3.04. The van der Waals surface area contributed by atoms with E-state index in [2.05, 4.69) is 5.32 Å². The second-order valence-electron chi connectivity index (χ2n) is 7.23. The largest absolute Gasteiger partial charge is 0.467 e. The number of nitrogens with zero attached hydrogens (tertiary/aromatic N) is 1. The van der Waals surface area contributed by atoms with E-state index in [1.54, 1.807) is 0 Å². The van der Waals surface area contributed by atoms with Crippen molar-refractivity contribution in [3.63, 3.8) is 0 Å². The molecular formula is C18H32N2O4.